The van der Waals surface area contributed by atoms with Crippen LogP contribution in [0.3, 0.4) is 0 Å². The molecular weight excluding hydrogens is 228 g/mol. The molecule has 1 N–H and O–H groups in total. The number of rotatable bonds is 2. The van der Waals surface area contributed by atoms with Crippen molar-refractivity contribution >= 4 is 17.7 Å². The molecule has 5 heteroatoms. The lowest BCUT2D eigenvalue weighted by Gasteiger charge is -2.19. The number of halogens is 1. The molecule has 1 heterocycles. The summed E-state index contributed by atoms with van der Waals surface area (Å²) in [6.07, 6.45) is 1.13. The summed E-state index contributed by atoms with van der Waals surface area (Å²) in [4.78, 5) is 15.3. The molecular formula is C11H15ClN2O2. The van der Waals surface area contributed by atoms with Crippen LogP contribution in [-0.4, -0.2) is 16.7 Å². The quantitative estimate of drug-likeness (QED) is 0.812. The van der Waals surface area contributed by atoms with Gasteiger partial charge < -0.3 is 10.1 Å². The van der Waals surface area contributed by atoms with E-state index in [2.05, 4.69) is 10.3 Å². The second-order valence-corrected chi connectivity index (χ2v) is 4.67. The van der Waals surface area contributed by atoms with Crippen molar-refractivity contribution in [2.75, 3.05) is 0 Å². The Morgan fingerprint density at radius 3 is 2.81 bits per heavy atom. The van der Waals surface area contributed by atoms with Crippen molar-refractivity contribution in [3.63, 3.8) is 0 Å². The zero-order chi connectivity index (χ0) is 12.2. The third-order valence-electron chi connectivity index (χ3n) is 1.66. The Morgan fingerprint density at radius 1 is 1.56 bits per heavy atom. The van der Waals surface area contributed by atoms with Gasteiger partial charge in [0.05, 0.1) is 0 Å². The van der Waals surface area contributed by atoms with Crippen molar-refractivity contribution in [3.8, 4) is 0 Å². The highest BCUT2D eigenvalue weighted by molar-refractivity contribution is 6.30. The number of carbonyl (C=O) groups excluding carboxylic acids is 1. The lowest BCUT2D eigenvalue weighted by molar-refractivity contribution is 0.0523. The van der Waals surface area contributed by atoms with Gasteiger partial charge >= 0.3 is 6.09 Å². The van der Waals surface area contributed by atoms with Crippen LogP contribution in [-0.2, 0) is 11.3 Å². The molecule has 4 nitrogen and oxygen atoms in total. The highest BCUT2D eigenvalue weighted by Gasteiger charge is 2.15. The molecule has 0 fully saturated rings. The van der Waals surface area contributed by atoms with E-state index in [1.54, 1.807) is 18.3 Å². The standard InChI is InChI=1S/C11H15ClN2O2/c1-11(2,3)16-10(15)14-7-8-5-4-6-13-9(8)12/h4-6H,7H2,1-3H3,(H,14,15). The molecule has 0 aliphatic heterocycles. The average molecular weight is 243 g/mol. The molecule has 1 aromatic heterocycles. The van der Waals surface area contributed by atoms with E-state index < -0.39 is 11.7 Å². The molecule has 88 valence electrons. The van der Waals surface area contributed by atoms with Gasteiger partial charge in [-0.05, 0) is 26.8 Å². The lowest BCUT2D eigenvalue weighted by Crippen LogP contribution is -2.32. The van der Waals surface area contributed by atoms with Gasteiger partial charge in [-0.2, -0.15) is 0 Å². The molecule has 0 radical (unpaired) electrons. The first kappa shape index (κ1) is 12.8. The van der Waals surface area contributed by atoms with E-state index in [1.807, 2.05) is 20.8 Å². The number of nitrogens with one attached hydrogen (secondary N) is 1. The van der Waals surface area contributed by atoms with Crippen molar-refractivity contribution in [2.24, 2.45) is 0 Å². The molecule has 0 bridgehead atoms. The number of carbonyl (C=O) groups is 1. The fourth-order valence-electron chi connectivity index (χ4n) is 1.03. The van der Waals surface area contributed by atoms with Gasteiger partial charge in [0.25, 0.3) is 0 Å². The maximum atomic E-state index is 11.3. The Kier molecular flexibility index (Phi) is 4.12. The second kappa shape index (κ2) is 5.16. The summed E-state index contributed by atoms with van der Waals surface area (Å²) in [5, 5.41) is 3.00. The molecule has 0 aromatic carbocycles. The Hall–Kier alpha value is -1.29. The van der Waals surface area contributed by atoms with E-state index in [4.69, 9.17) is 16.3 Å². The van der Waals surface area contributed by atoms with Crippen LogP contribution < -0.4 is 5.32 Å². The highest BCUT2D eigenvalue weighted by Crippen LogP contribution is 2.11. The van der Waals surface area contributed by atoms with Crippen molar-refractivity contribution in [2.45, 2.75) is 32.9 Å². The summed E-state index contributed by atoms with van der Waals surface area (Å²) in [6.45, 7) is 5.73. The zero-order valence-electron chi connectivity index (χ0n) is 9.58. The molecule has 0 saturated heterocycles. The predicted molar refractivity (Wildman–Crippen MR) is 62.3 cm³/mol. The van der Waals surface area contributed by atoms with Crippen LogP contribution in [0.1, 0.15) is 26.3 Å². The summed E-state index contributed by atoms with van der Waals surface area (Å²) in [6, 6.07) is 3.56. The summed E-state index contributed by atoms with van der Waals surface area (Å²) < 4.78 is 5.09. The molecule has 0 saturated carbocycles. The highest BCUT2D eigenvalue weighted by atomic mass is 35.5. The van der Waals surface area contributed by atoms with Gasteiger partial charge in [-0.15, -0.1) is 0 Å². The number of aromatic nitrogens is 1. The Balaban J connectivity index is 2.47. The summed E-state index contributed by atoms with van der Waals surface area (Å²) >= 11 is 5.84. The fourth-order valence-corrected chi connectivity index (χ4v) is 1.22. The average Bonchev–Trinajstić information content (AvgIpc) is 2.14. The topological polar surface area (TPSA) is 51.2 Å². The Morgan fingerprint density at radius 2 is 2.25 bits per heavy atom. The number of nitrogens with zero attached hydrogens (tertiary/aromatic N) is 1. The van der Waals surface area contributed by atoms with Crippen LogP contribution in [0.5, 0.6) is 0 Å². The first-order valence-electron chi connectivity index (χ1n) is 4.95. The minimum absolute atomic E-state index is 0.307. The molecule has 0 spiro atoms. The SMILES string of the molecule is CC(C)(C)OC(=O)NCc1cccnc1Cl. The number of hydrogen-bond acceptors (Lipinski definition) is 3. The molecule has 1 rings (SSSR count). The van der Waals surface area contributed by atoms with Crippen LogP contribution in [0.4, 0.5) is 4.79 Å². The van der Waals surface area contributed by atoms with E-state index >= 15 is 0 Å². The Labute approximate surface area is 100.0 Å². The molecule has 0 atom stereocenters. The first-order valence-corrected chi connectivity index (χ1v) is 5.32. The minimum atomic E-state index is -0.497. The van der Waals surface area contributed by atoms with Gasteiger partial charge in [-0.3, -0.25) is 0 Å². The number of pyridine rings is 1. The monoisotopic (exact) mass is 242 g/mol. The van der Waals surface area contributed by atoms with Crippen molar-refractivity contribution < 1.29 is 9.53 Å². The van der Waals surface area contributed by atoms with Crippen molar-refractivity contribution in [3.05, 3.63) is 29.0 Å². The number of ether oxygens (including phenoxy) is 1. The van der Waals surface area contributed by atoms with Gasteiger partial charge in [0.1, 0.15) is 10.8 Å². The van der Waals surface area contributed by atoms with E-state index in [0.29, 0.717) is 11.7 Å². The van der Waals surface area contributed by atoms with E-state index in [-0.39, 0.29) is 0 Å². The van der Waals surface area contributed by atoms with E-state index in [9.17, 15) is 4.79 Å². The fraction of sp³-hybridized carbons (Fsp3) is 0.455. The van der Waals surface area contributed by atoms with Gasteiger partial charge in [0.2, 0.25) is 0 Å². The molecule has 1 amide bonds. The van der Waals surface area contributed by atoms with Crippen LogP contribution in [0.2, 0.25) is 5.15 Å². The predicted octanol–water partition coefficient (Wildman–Crippen LogP) is 2.76. The number of alkyl carbamates (subject to hydrolysis) is 1. The minimum Gasteiger partial charge on any atom is -0.444 e. The van der Waals surface area contributed by atoms with Crippen molar-refractivity contribution in [1.82, 2.24) is 10.3 Å². The number of amides is 1. The van der Waals surface area contributed by atoms with Gasteiger partial charge in [0, 0.05) is 18.3 Å². The van der Waals surface area contributed by atoms with Crippen LogP contribution >= 0.6 is 11.6 Å². The van der Waals surface area contributed by atoms with Crippen molar-refractivity contribution in [1.29, 1.82) is 0 Å². The molecule has 0 aliphatic carbocycles. The second-order valence-electron chi connectivity index (χ2n) is 4.31. The van der Waals surface area contributed by atoms with Crippen LogP contribution in [0, 0.1) is 0 Å². The summed E-state index contributed by atoms with van der Waals surface area (Å²) in [5.74, 6) is 0. The largest absolute Gasteiger partial charge is 0.444 e. The number of hydrogen-bond donors (Lipinski definition) is 1. The molecule has 1 aromatic rings. The third kappa shape index (κ3) is 4.49. The molecule has 16 heavy (non-hydrogen) atoms. The van der Waals surface area contributed by atoms with Gasteiger partial charge in [0.15, 0.2) is 0 Å². The van der Waals surface area contributed by atoms with Gasteiger partial charge in [-0.25, -0.2) is 9.78 Å². The first-order chi connectivity index (χ1) is 7.38. The maximum Gasteiger partial charge on any atom is 0.407 e. The van der Waals surface area contributed by atoms with E-state index in [1.165, 1.54) is 0 Å². The molecule has 0 aliphatic rings. The smallest absolute Gasteiger partial charge is 0.407 e. The Bertz CT molecular complexity index is 374. The molecule has 0 unspecified atom stereocenters. The van der Waals surface area contributed by atoms with Crippen LogP contribution in [0.15, 0.2) is 18.3 Å². The maximum absolute atomic E-state index is 11.3. The zero-order valence-corrected chi connectivity index (χ0v) is 10.3. The van der Waals surface area contributed by atoms with Gasteiger partial charge in [-0.1, -0.05) is 17.7 Å². The van der Waals surface area contributed by atoms with E-state index in [0.717, 1.165) is 5.56 Å². The summed E-state index contributed by atoms with van der Waals surface area (Å²) in [7, 11) is 0. The summed E-state index contributed by atoms with van der Waals surface area (Å²) in [5.41, 5.74) is 0.262. The third-order valence-corrected chi connectivity index (χ3v) is 2.00. The lowest BCUT2D eigenvalue weighted by atomic mass is 10.2. The van der Waals surface area contributed by atoms with Crippen LogP contribution in [0.25, 0.3) is 0 Å². The normalized spacial score (nSPS) is 11.0.